The lowest BCUT2D eigenvalue weighted by molar-refractivity contribution is 0.570. The quantitative estimate of drug-likeness (QED) is 0.410. The molecule has 5 nitrogen and oxygen atoms in total. The van der Waals surface area contributed by atoms with Gasteiger partial charge in [0, 0.05) is 21.9 Å². The van der Waals surface area contributed by atoms with Gasteiger partial charge in [-0.05, 0) is 30.3 Å². The monoisotopic (exact) mass is 426 g/mol. The molecule has 0 amide bonds. The first-order valence-electron chi connectivity index (χ1n) is 8.46. The van der Waals surface area contributed by atoms with E-state index in [4.69, 9.17) is 32.7 Å². The van der Waals surface area contributed by atoms with Gasteiger partial charge in [0.2, 0.25) is 5.16 Å². The van der Waals surface area contributed by atoms with E-state index < -0.39 is 0 Å². The molecule has 0 aliphatic carbocycles. The molecular weight excluding hydrogens is 415 g/mol. The van der Waals surface area contributed by atoms with Crippen molar-refractivity contribution in [2.75, 3.05) is 5.75 Å². The molecule has 1 aliphatic heterocycles. The van der Waals surface area contributed by atoms with E-state index in [-0.39, 0.29) is 0 Å². The summed E-state index contributed by atoms with van der Waals surface area (Å²) in [5.41, 5.74) is 2.51. The minimum atomic E-state index is 0.581. The lowest BCUT2D eigenvalue weighted by Crippen LogP contribution is -2.13. The van der Waals surface area contributed by atoms with E-state index >= 15 is 0 Å². The summed E-state index contributed by atoms with van der Waals surface area (Å²) in [5, 5.41) is 15.2. The van der Waals surface area contributed by atoms with Crippen LogP contribution in [0.15, 0.2) is 75.3 Å². The molecule has 3 heterocycles. The Morgan fingerprint density at radius 1 is 0.929 bits per heavy atom. The van der Waals surface area contributed by atoms with Crippen molar-refractivity contribution in [2.45, 2.75) is 5.16 Å². The third kappa shape index (κ3) is 3.13. The molecule has 4 aromatic rings. The van der Waals surface area contributed by atoms with Gasteiger partial charge in [-0.1, -0.05) is 65.3 Å². The van der Waals surface area contributed by atoms with Crippen molar-refractivity contribution in [3.8, 4) is 22.7 Å². The van der Waals surface area contributed by atoms with Gasteiger partial charge in [-0.2, -0.15) is 9.78 Å². The predicted octanol–water partition coefficient (Wildman–Crippen LogP) is 5.87. The minimum absolute atomic E-state index is 0.581. The fourth-order valence-electron chi connectivity index (χ4n) is 2.94. The van der Waals surface area contributed by atoms with E-state index in [0.29, 0.717) is 33.1 Å². The molecule has 28 heavy (non-hydrogen) atoms. The number of rotatable bonds is 3. The molecule has 0 spiro atoms. The first kappa shape index (κ1) is 17.6. The molecule has 0 saturated carbocycles. The number of nitrogens with zero attached hydrogens (tertiary/aromatic N) is 4. The summed E-state index contributed by atoms with van der Waals surface area (Å²) in [6.45, 7) is 0. The van der Waals surface area contributed by atoms with Gasteiger partial charge >= 0.3 is 0 Å². The number of thioether (sulfide) groups is 1. The molecule has 0 bridgehead atoms. The van der Waals surface area contributed by atoms with Gasteiger partial charge in [0.1, 0.15) is 11.5 Å². The molecule has 0 atom stereocenters. The van der Waals surface area contributed by atoms with Crippen LogP contribution in [-0.2, 0) is 0 Å². The van der Waals surface area contributed by atoms with Crippen molar-refractivity contribution in [3.63, 3.8) is 0 Å². The van der Waals surface area contributed by atoms with E-state index in [1.807, 2.05) is 42.5 Å². The Morgan fingerprint density at radius 2 is 1.75 bits per heavy atom. The Labute approximate surface area is 175 Å². The van der Waals surface area contributed by atoms with Crippen LogP contribution >= 0.6 is 35.0 Å². The summed E-state index contributed by atoms with van der Waals surface area (Å²) >= 11 is 14.0. The van der Waals surface area contributed by atoms with Gasteiger partial charge in [0.15, 0.2) is 11.6 Å². The van der Waals surface area contributed by atoms with Crippen molar-refractivity contribution >= 4 is 40.7 Å². The fraction of sp³-hybridized carbons (Fsp3) is 0.0500. The largest absolute Gasteiger partial charge is 0.455 e. The minimum Gasteiger partial charge on any atom is -0.455 e. The van der Waals surface area contributed by atoms with Crippen molar-refractivity contribution in [1.82, 2.24) is 14.9 Å². The van der Waals surface area contributed by atoms with Gasteiger partial charge in [-0.3, -0.25) is 0 Å². The first-order chi connectivity index (χ1) is 13.7. The van der Waals surface area contributed by atoms with Crippen molar-refractivity contribution in [2.24, 2.45) is 5.10 Å². The summed E-state index contributed by atoms with van der Waals surface area (Å²) < 4.78 is 7.80. The zero-order chi connectivity index (χ0) is 19.1. The summed E-state index contributed by atoms with van der Waals surface area (Å²) in [6, 6.07) is 18.9. The highest BCUT2D eigenvalue weighted by atomic mass is 35.5. The molecule has 2 aromatic heterocycles. The zero-order valence-corrected chi connectivity index (χ0v) is 16.7. The van der Waals surface area contributed by atoms with Crippen LogP contribution in [0, 0.1) is 0 Å². The van der Waals surface area contributed by atoms with Crippen LogP contribution in [0.1, 0.15) is 5.76 Å². The lowest BCUT2D eigenvalue weighted by atomic mass is 10.2. The van der Waals surface area contributed by atoms with Gasteiger partial charge in [-0.25, -0.2) is 0 Å². The molecule has 5 rings (SSSR count). The summed E-state index contributed by atoms with van der Waals surface area (Å²) in [6.07, 6.45) is 0. The van der Waals surface area contributed by atoms with Crippen LogP contribution < -0.4 is 0 Å². The second-order valence-corrected chi connectivity index (χ2v) is 7.89. The Morgan fingerprint density at radius 3 is 2.61 bits per heavy atom. The van der Waals surface area contributed by atoms with E-state index in [0.717, 1.165) is 22.0 Å². The highest BCUT2D eigenvalue weighted by molar-refractivity contribution is 7.99. The normalized spacial score (nSPS) is 13.3. The van der Waals surface area contributed by atoms with Crippen LogP contribution in [0.25, 0.3) is 22.7 Å². The fourth-order valence-corrected chi connectivity index (χ4v) is 4.14. The maximum Gasteiger partial charge on any atom is 0.212 e. The lowest BCUT2D eigenvalue weighted by Gasteiger charge is -2.12. The number of hydrogen-bond acceptors (Lipinski definition) is 5. The molecule has 0 N–H and O–H groups in total. The maximum absolute atomic E-state index is 6.29. The number of aromatic nitrogens is 3. The third-order valence-corrected chi connectivity index (χ3v) is 5.78. The van der Waals surface area contributed by atoms with Crippen LogP contribution in [0.4, 0.5) is 0 Å². The third-order valence-electron chi connectivity index (χ3n) is 4.29. The molecular formula is C20H12Cl2N4OS. The number of furan rings is 1. The van der Waals surface area contributed by atoms with Gasteiger partial charge in [0.25, 0.3) is 0 Å². The molecule has 0 unspecified atom stereocenters. The van der Waals surface area contributed by atoms with Gasteiger partial charge in [-0.15, -0.1) is 10.2 Å². The van der Waals surface area contributed by atoms with Gasteiger partial charge in [0.05, 0.1) is 5.02 Å². The number of benzene rings is 2. The van der Waals surface area contributed by atoms with Crippen molar-refractivity contribution in [3.05, 3.63) is 76.5 Å². The first-order valence-corrected chi connectivity index (χ1v) is 10.2. The number of fused-ring (bicyclic) bond motifs is 1. The Kier molecular flexibility index (Phi) is 4.47. The molecule has 2 aromatic carbocycles. The van der Waals surface area contributed by atoms with E-state index in [1.54, 1.807) is 34.6 Å². The average molecular weight is 427 g/mol. The highest BCUT2D eigenvalue weighted by Crippen LogP contribution is 2.33. The SMILES string of the molecule is Clc1ccc(Cl)c(-c2ccc(C3=Nn4c(nnc4-c4ccccc4)SC3)o2)c1. The highest BCUT2D eigenvalue weighted by Gasteiger charge is 2.22. The maximum atomic E-state index is 6.29. The zero-order valence-electron chi connectivity index (χ0n) is 14.3. The number of hydrogen-bond donors (Lipinski definition) is 0. The van der Waals surface area contributed by atoms with Crippen LogP contribution in [0.2, 0.25) is 10.0 Å². The standard InChI is InChI=1S/C20H12Cl2N4OS/c21-13-6-7-15(22)14(10-13)17-8-9-18(27-17)16-11-28-20-24-23-19(26(20)25-16)12-4-2-1-3-5-12/h1-10H,11H2. The summed E-state index contributed by atoms with van der Waals surface area (Å²) in [7, 11) is 0. The molecule has 0 fully saturated rings. The van der Waals surface area contributed by atoms with Gasteiger partial charge < -0.3 is 4.42 Å². The van der Waals surface area contributed by atoms with Crippen molar-refractivity contribution in [1.29, 1.82) is 0 Å². The number of halogens is 2. The van der Waals surface area contributed by atoms with E-state index in [1.165, 1.54) is 0 Å². The molecule has 1 aliphatic rings. The van der Waals surface area contributed by atoms with E-state index in [2.05, 4.69) is 10.2 Å². The van der Waals surface area contributed by atoms with Crippen molar-refractivity contribution < 1.29 is 4.42 Å². The smallest absolute Gasteiger partial charge is 0.212 e. The predicted molar refractivity (Wildman–Crippen MR) is 112 cm³/mol. The topological polar surface area (TPSA) is 56.2 Å². The second-order valence-electron chi connectivity index (χ2n) is 6.11. The summed E-state index contributed by atoms with van der Waals surface area (Å²) in [5.74, 6) is 2.67. The molecule has 0 radical (unpaired) electrons. The molecule has 0 saturated heterocycles. The van der Waals surface area contributed by atoms with E-state index in [9.17, 15) is 0 Å². The Bertz CT molecular complexity index is 1200. The van der Waals surface area contributed by atoms with Crippen LogP contribution in [0.3, 0.4) is 0 Å². The average Bonchev–Trinajstić information content (AvgIpc) is 3.37. The Balaban J connectivity index is 1.53. The Hall–Kier alpha value is -2.54. The summed E-state index contributed by atoms with van der Waals surface area (Å²) in [4.78, 5) is 0. The molecule has 138 valence electrons. The van der Waals surface area contributed by atoms with Crippen LogP contribution in [-0.4, -0.2) is 26.3 Å². The second kappa shape index (κ2) is 7.13. The van der Waals surface area contributed by atoms with Crippen LogP contribution in [0.5, 0.6) is 0 Å². The molecule has 8 heteroatoms.